The minimum Gasteiger partial charge on any atom is -0.463 e. The van der Waals surface area contributed by atoms with E-state index in [2.05, 4.69) is 29.2 Å². The average Bonchev–Trinajstić information content (AvgIpc) is 2.37. The van der Waals surface area contributed by atoms with Gasteiger partial charge in [0.05, 0.1) is 12.7 Å². The molecule has 0 aliphatic heterocycles. The number of esters is 2. The van der Waals surface area contributed by atoms with Gasteiger partial charge in [-0.05, 0) is 19.4 Å². The van der Waals surface area contributed by atoms with Crippen LogP contribution < -0.4 is 0 Å². The minimum atomic E-state index is -0.603. The Kier molecular flexibility index (Phi) is 22.3. The van der Waals surface area contributed by atoms with Crippen molar-refractivity contribution in [1.29, 1.82) is 0 Å². The van der Waals surface area contributed by atoms with E-state index >= 15 is 0 Å². The maximum atomic E-state index is 10.3. The molecule has 0 aromatic carbocycles. The molecular formula is C13H21ClO5. The number of hydrogen-bond donors (Lipinski definition) is 1. The molecule has 0 aliphatic rings. The van der Waals surface area contributed by atoms with Gasteiger partial charge in [0.1, 0.15) is 6.61 Å². The van der Waals surface area contributed by atoms with E-state index in [4.69, 9.17) is 16.7 Å². The number of carbonyl (C=O) groups is 2. The van der Waals surface area contributed by atoms with Crippen LogP contribution in [0.25, 0.3) is 0 Å². The van der Waals surface area contributed by atoms with E-state index < -0.39 is 12.1 Å². The van der Waals surface area contributed by atoms with Crippen molar-refractivity contribution in [2.24, 2.45) is 0 Å². The molecule has 6 heteroatoms. The van der Waals surface area contributed by atoms with Gasteiger partial charge in [-0.15, -0.1) is 0 Å². The van der Waals surface area contributed by atoms with E-state index in [-0.39, 0.29) is 12.6 Å². The molecule has 0 radical (unpaired) electrons. The Hall–Kier alpha value is -1.59. The largest absolute Gasteiger partial charge is 0.463 e. The molecule has 0 aromatic heterocycles. The fraction of sp³-hybridized carbons (Fsp3) is 0.385. The Morgan fingerprint density at radius 1 is 1.21 bits per heavy atom. The molecule has 0 saturated carbocycles. The lowest BCUT2D eigenvalue weighted by Crippen LogP contribution is -2.13. The van der Waals surface area contributed by atoms with E-state index in [1.807, 2.05) is 0 Å². The summed E-state index contributed by atoms with van der Waals surface area (Å²) < 4.78 is 8.88. The molecule has 110 valence electrons. The van der Waals surface area contributed by atoms with Crippen molar-refractivity contribution in [3.8, 4) is 0 Å². The third-order valence-electron chi connectivity index (χ3n) is 1.09. The zero-order valence-corrected chi connectivity index (χ0v) is 12.1. The second-order valence-electron chi connectivity index (χ2n) is 2.79. The van der Waals surface area contributed by atoms with Crippen LogP contribution in [0.2, 0.25) is 0 Å². The van der Waals surface area contributed by atoms with Gasteiger partial charge in [0.25, 0.3) is 0 Å². The molecule has 0 spiro atoms. The lowest BCUT2D eigenvalue weighted by atomic mass is 10.4. The lowest BCUT2D eigenvalue weighted by molar-refractivity contribution is -0.140. The summed E-state index contributed by atoms with van der Waals surface area (Å²) in [6, 6.07) is 0. The van der Waals surface area contributed by atoms with Gasteiger partial charge in [-0.25, -0.2) is 9.59 Å². The maximum absolute atomic E-state index is 10.3. The van der Waals surface area contributed by atoms with E-state index in [9.17, 15) is 9.59 Å². The van der Waals surface area contributed by atoms with Crippen molar-refractivity contribution in [1.82, 2.24) is 0 Å². The number of carbonyl (C=O) groups excluding carboxylic acids is 2. The molecule has 0 saturated heterocycles. The van der Waals surface area contributed by atoms with Gasteiger partial charge in [0, 0.05) is 12.2 Å². The fourth-order valence-corrected chi connectivity index (χ4v) is 0.463. The summed E-state index contributed by atoms with van der Waals surface area (Å²) in [6.45, 7) is 13.3. The molecule has 0 fully saturated rings. The number of aliphatic hydroxyl groups is 1. The highest BCUT2D eigenvalue weighted by atomic mass is 35.5. The molecule has 5 nitrogen and oxygen atoms in total. The summed E-state index contributed by atoms with van der Waals surface area (Å²) in [5, 5.41) is 8.59. The molecule has 0 rings (SSSR count). The van der Waals surface area contributed by atoms with Gasteiger partial charge in [0.2, 0.25) is 0 Å². The third kappa shape index (κ3) is 31.4. The molecule has 1 N–H and O–H groups in total. The summed E-state index contributed by atoms with van der Waals surface area (Å²) in [5.41, 5.74) is 1.22. The third-order valence-corrected chi connectivity index (χ3v) is 1.09. The molecular weight excluding hydrogens is 272 g/mol. The summed E-state index contributed by atoms with van der Waals surface area (Å²) in [5.74, 6) is -0.863. The van der Waals surface area contributed by atoms with Crippen molar-refractivity contribution in [3.05, 3.63) is 37.4 Å². The standard InChI is InChI=1S/C6H10O3.C5H8O2.C2H3Cl/c1-3-6(8)9-4-5(2)7;1-3-5(6)7-4-2;1-2-3/h3,5,7H,1,4H2,2H3;3H,1,4H2,2H3;2H,1H2. The van der Waals surface area contributed by atoms with Crippen LogP contribution in [0.15, 0.2) is 37.4 Å². The Labute approximate surface area is 119 Å². The van der Waals surface area contributed by atoms with Crippen LogP contribution in [0.1, 0.15) is 13.8 Å². The molecule has 0 bridgehead atoms. The molecule has 1 unspecified atom stereocenters. The normalized spacial score (nSPS) is 9.26. The van der Waals surface area contributed by atoms with Crippen LogP contribution >= 0.6 is 11.6 Å². The fourth-order valence-electron chi connectivity index (χ4n) is 0.463. The van der Waals surface area contributed by atoms with E-state index in [1.165, 1.54) is 12.5 Å². The smallest absolute Gasteiger partial charge is 0.330 e. The van der Waals surface area contributed by atoms with E-state index in [1.54, 1.807) is 6.92 Å². The van der Waals surface area contributed by atoms with Crippen LogP contribution in [-0.4, -0.2) is 36.4 Å². The Morgan fingerprint density at radius 3 is 1.79 bits per heavy atom. The second kappa shape index (κ2) is 18.8. The molecule has 0 aliphatic carbocycles. The Bertz CT molecular complexity index is 274. The first-order chi connectivity index (χ1) is 8.89. The van der Waals surface area contributed by atoms with E-state index in [0.717, 1.165) is 12.2 Å². The van der Waals surface area contributed by atoms with E-state index in [0.29, 0.717) is 6.61 Å². The van der Waals surface area contributed by atoms with Gasteiger partial charge in [-0.3, -0.25) is 0 Å². The summed E-state index contributed by atoms with van der Waals surface area (Å²) in [6.07, 6.45) is 1.60. The topological polar surface area (TPSA) is 72.8 Å². The predicted molar refractivity (Wildman–Crippen MR) is 75.7 cm³/mol. The quantitative estimate of drug-likeness (QED) is 0.621. The molecule has 0 amide bonds. The molecule has 0 aromatic rings. The maximum Gasteiger partial charge on any atom is 0.330 e. The first-order valence-corrected chi connectivity index (χ1v) is 5.80. The highest BCUT2D eigenvalue weighted by molar-refractivity contribution is 6.25. The Balaban J connectivity index is -0.000000228. The van der Waals surface area contributed by atoms with Crippen LogP contribution in [0.3, 0.4) is 0 Å². The minimum absolute atomic E-state index is 0.0326. The first kappa shape index (κ1) is 22.6. The summed E-state index contributed by atoms with van der Waals surface area (Å²) in [4.78, 5) is 20.3. The van der Waals surface area contributed by atoms with Crippen molar-refractivity contribution in [2.45, 2.75) is 20.0 Å². The first-order valence-electron chi connectivity index (χ1n) is 5.37. The van der Waals surface area contributed by atoms with Gasteiger partial charge in [-0.1, -0.05) is 31.3 Å². The number of hydrogen-bond acceptors (Lipinski definition) is 5. The van der Waals surface area contributed by atoms with Crippen molar-refractivity contribution in [2.75, 3.05) is 13.2 Å². The number of aliphatic hydroxyl groups excluding tert-OH is 1. The average molecular weight is 293 g/mol. The highest BCUT2D eigenvalue weighted by Gasteiger charge is 1.98. The Morgan fingerprint density at radius 2 is 1.58 bits per heavy atom. The zero-order valence-electron chi connectivity index (χ0n) is 11.3. The predicted octanol–water partition coefficient (Wildman–Crippen LogP) is 2.20. The number of halogens is 1. The van der Waals surface area contributed by atoms with Crippen molar-refractivity contribution < 1.29 is 24.2 Å². The van der Waals surface area contributed by atoms with Crippen LogP contribution in [-0.2, 0) is 19.1 Å². The molecule has 0 heterocycles. The second-order valence-corrected chi connectivity index (χ2v) is 3.10. The van der Waals surface area contributed by atoms with Gasteiger partial charge in [-0.2, -0.15) is 0 Å². The SMILES string of the molecule is C=CC(=O)OCC.C=CC(=O)OCC(C)O.C=CCl. The number of rotatable bonds is 5. The van der Waals surface area contributed by atoms with Gasteiger partial charge >= 0.3 is 11.9 Å². The molecule has 1 atom stereocenters. The van der Waals surface area contributed by atoms with Crippen molar-refractivity contribution >= 4 is 23.5 Å². The monoisotopic (exact) mass is 292 g/mol. The molecule has 19 heavy (non-hydrogen) atoms. The van der Waals surface area contributed by atoms with Gasteiger partial charge in [0.15, 0.2) is 0 Å². The van der Waals surface area contributed by atoms with Crippen LogP contribution in [0.5, 0.6) is 0 Å². The van der Waals surface area contributed by atoms with Gasteiger partial charge < -0.3 is 14.6 Å². The highest BCUT2D eigenvalue weighted by Crippen LogP contribution is 1.83. The van der Waals surface area contributed by atoms with Crippen LogP contribution in [0.4, 0.5) is 0 Å². The number of ether oxygens (including phenoxy) is 2. The van der Waals surface area contributed by atoms with Crippen molar-refractivity contribution in [3.63, 3.8) is 0 Å². The summed E-state index contributed by atoms with van der Waals surface area (Å²) in [7, 11) is 0. The lowest BCUT2D eigenvalue weighted by Gasteiger charge is -2.02. The van der Waals surface area contributed by atoms with Crippen LogP contribution in [0, 0.1) is 0 Å². The summed E-state index contributed by atoms with van der Waals surface area (Å²) >= 11 is 4.76. The zero-order chi connectivity index (χ0) is 15.7.